The van der Waals surface area contributed by atoms with Crippen molar-refractivity contribution < 1.29 is 14.3 Å². The number of hydrogen-bond donors (Lipinski definition) is 1. The molecule has 1 aromatic heterocycles. The van der Waals surface area contributed by atoms with Gasteiger partial charge in [0.05, 0.1) is 6.10 Å². The third-order valence-electron chi connectivity index (χ3n) is 9.78. The van der Waals surface area contributed by atoms with Crippen LogP contribution in [0.3, 0.4) is 0 Å². The van der Waals surface area contributed by atoms with Gasteiger partial charge in [-0.3, -0.25) is 9.78 Å². The number of nitrogens with zero attached hydrogens (tertiary/aromatic N) is 1. The Morgan fingerprint density at radius 3 is 2.63 bits per heavy atom. The Balaban J connectivity index is 0.000000261. The van der Waals surface area contributed by atoms with Gasteiger partial charge in [0.2, 0.25) is 5.91 Å². The number of methoxy groups -OCH3 is 1. The Bertz CT molecular complexity index is 1030. The van der Waals surface area contributed by atoms with E-state index in [0.717, 1.165) is 42.0 Å². The predicted molar refractivity (Wildman–Crippen MR) is 160 cm³/mol. The minimum atomic E-state index is -0.270. The van der Waals surface area contributed by atoms with Crippen LogP contribution in [-0.2, 0) is 14.3 Å². The van der Waals surface area contributed by atoms with E-state index in [2.05, 4.69) is 49.3 Å². The zero-order chi connectivity index (χ0) is 27.2. The lowest BCUT2D eigenvalue weighted by molar-refractivity contribution is -0.117. The molecule has 7 heteroatoms. The van der Waals surface area contributed by atoms with E-state index in [1.165, 1.54) is 44.1 Å². The second-order valence-electron chi connectivity index (χ2n) is 11.7. The summed E-state index contributed by atoms with van der Waals surface area (Å²) in [7, 11) is 5.06. The second-order valence-corrected chi connectivity index (χ2v) is 14.4. The van der Waals surface area contributed by atoms with Crippen LogP contribution in [0.2, 0.25) is 0 Å². The van der Waals surface area contributed by atoms with E-state index in [-0.39, 0.29) is 5.91 Å². The fourth-order valence-electron chi connectivity index (χ4n) is 7.72. The van der Waals surface area contributed by atoms with Crippen molar-refractivity contribution in [1.82, 2.24) is 4.98 Å². The van der Waals surface area contributed by atoms with Crippen molar-refractivity contribution in [2.45, 2.75) is 77.7 Å². The molecule has 2 N–H and O–H groups in total. The number of hydrogen-bond acceptors (Lipinski definition) is 6. The van der Waals surface area contributed by atoms with Crippen LogP contribution in [0.1, 0.15) is 77.2 Å². The largest absolute Gasteiger partial charge is 0.381 e. The van der Waals surface area contributed by atoms with Crippen LogP contribution in [0.4, 0.5) is 0 Å². The molecule has 4 aliphatic rings. The number of ether oxygens (including phenoxy) is 1. The molecule has 4 aliphatic carbocycles. The van der Waals surface area contributed by atoms with Crippen LogP contribution in [0.5, 0.6) is 0 Å². The molecule has 2 fully saturated rings. The van der Waals surface area contributed by atoms with Crippen molar-refractivity contribution in [2.75, 3.05) is 18.6 Å². The molecule has 0 spiro atoms. The molecule has 6 atom stereocenters. The first-order chi connectivity index (χ1) is 18.3. The summed E-state index contributed by atoms with van der Waals surface area (Å²) in [6.07, 6.45) is 20.4. The number of aromatic nitrogens is 1. The molecule has 208 valence electrons. The lowest BCUT2D eigenvalue weighted by Gasteiger charge is -2.58. The zero-order valence-corrected chi connectivity index (χ0v) is 24.8. The van der Waals surface area contributed by atoms with Gasteiger partial charge in [0.15, 0.2) is 0 Å². The normalized spacial score (nSPS) is 33.4. The van der Waals surface area contributed by atoms with Crippen LogP contribution in [0, 0.1) is 28.6 Å². The van der Waals surface area contributed by atoms with E-state index in [1.54, 1.807) is 32.7 Å². The summed E-state index contributed by atoms with van der Waals surface area (Å²) in [5, 5.41) is 0. The Labute approximate surface area is 236 Å². The van der Waals surface area contributed by atoms with Gasteiger partial charge in [-0.2, -0.15) is 0 Å². The molecule has 2 saturated carbocycles. The number of amides is 1. The molecule has 0 radical (unpaired) electrons. The van der Waals surface area contributed by atoms with Gasteiger partial charge in [-0.25, -0.2) is 0 Å². The van der Waals surface area contributed by atoms with E-state index in [4.69, 9.17) is 10.5 Å². The average Bonchev–Trinajstić information content (AvgIpc) is 3.28. The minimum absolute atomic E-state index is 0.270. The first-order valence-electron chi connectivity index (χ1n) is 14.1. The van der Waals surface area contributed by atoms with Crippen LogP contribution in [-0.4, -0.2) is 41.9 Å². The van der Waals surface area contributed by atoms with E-state index in [0.29, 0.717) is 29.8 Å². The number of primary amides is 1. The fourth-order valence-corrected chi connectivity index (χ4v) is 9.68. The van der Waals surface area contributed by atoms with Crippen molar-refractivity contribution in [2.24, 2.45) is 34.3 Å². The van der Waals surface area contributed by atoms with Gasteiger partial charge in [0.25, 0.3) is 0 Å². The second kappa shape index (κ2) is 13.2. The molecular weight excluding hydrogens is 512 g/mol. The van der Waals surface area contributed by atoms with Crippen molar-refractivity contribution in [3.8, 4) is 0 Å². The molecule has 1 aromatic rings. The first-order valence-corrected chi connectivity index (χ1v) is 16.6. The highest BCUT2D eigenvalue weighted by Crippen LogP contribution is 2.66. The minimum Gasteiger partial charge on any atom is -0.381 e. The zero-order valence-electron chi connectivity index (χ0n) is 23.2. The number of rotatable bonds is 9. The van der Waals surface area contributed by atoms with Gasteiger partial charge in [0, 0.05) is 43.9 Å². The van der Waals surface area contributed by atoms with Gasteiger partial charge in [0.1, 0.15) is 6.29 Å². The van der Waals surface area contributed by atoms with Crippen molar-refractivity contribution in [1.29, 1.82) is 0 Å². The predicted octanol–water partition coefficient (Wildman–Crippen LogP) is 6.88. The molecule has 5 nitrogen and oxygen atoms in total. The standard InChI is InChI=1S/C25H33NO.C6H11NO2S2/c1-24-12-10-19(27-3)15-18(24)6-7-20-22-9-8-21(17-5-4-14-26-16-17)25(22,2)13-11-23(20)24;7-6(9)2-5-11-10-4-1-3-8/h4-6,8,14,16,19-20,22-23H,7,9-13,15H2,1-3H3;3H,1-2,4-5H2,(H2,7,9). The summed E-state index contributed by atoms with van der Waals surface area (Å²) in [6.45, 7) is 5.12. The molecule has 0 aromatic carbocycles. The highest BCUT2D eigenvalue weighted by atomic mass is 33.1. The lowest BCUT2D eigenvalue weighted by Crippen LogP contribution is -2.49. The van der Waals surface area contributed by atoms with Crippen molar-refractivity contribution in [3.63, 3.8) is 0 Å². The highest BCUT2D eigenvalue weighted by Gasteiger charge is 2.56. The molecule has 5 rings (SSSR count). The Morgan fingerprint density at radius 2 is 1.92 bits per heavy atom. The molecule has 6 unspecified atom stereocenters. The number of pyridine rings is 1. The molecule has 1 amide bonds. The van der Waals surface area contributed by atoms with Crippen LogP contribution in [0.15, 0.2) is 42.3 Å². The molecule has 0 aliphatic heterocycles. The van der Waals surface area contributed by atoms with E-state index < -0.39 is 0 Å². The molecule has 38 heavy (non-hydrogen) atoms. The van der Waals surface area contributed by atoms with Gasteiger partial charge in [-0.05, 0) is 90.7 Å². The lowest BCUT2D eigenvalue weighted by atomic mass is 9.47. The monoisotopic (exact) mass is 556 g/mol. The highest BCUT2D eigenvalue weighted by molar-refractivity contribution is 8.76. The maximum Gasteiger partial charge on any atom is 0.218 e. The van der Waals surface area contributed by atoms with Gasteiger partial charge >= 0.3 is 0 Å². The van der Waals surface area contributed by atoms with Crippen molar-refractivity contribution in [3.05, 3.63) is 47.8 Å². The summed E-state index contributed by atoms with van der Waals surface area (Å²) in [5.41, 5.74) is 10.3. The maximum atomic E-state index is 10.2. The number of aldehydes is 1. The van der Waals surface area contributed by atoms with Crippen LogP contribution in [0.25, 0.3) is 5.57 Å². The number of carbonyl (C=O) groups excluding carboxylic acids is 2. The molecule has 1 heterocycles. The number of fused-ring (bicyclic) bond motifs is 5. The number of carbonyl (C=O) groups is 2. The van der Waals surface area contributed by atoms with E-state index in [1.807, 2.05) is 13.3 Å². The maximum absolute atomic E-state index is 10.2. The van der Waals surface area contributed by atoms with Crippen LogP contribution < -0.4 is 5.73 Å². The van der Waals surface area contributed by atoms with Gasteiger partial charge < -0.3 is 15.3 Å². The average molecular weight is 557 g/mol. The summed E-state index contributed by atoms with van der Waals surface area (Å²) >= 11 is 0. The quantitative estimate of drug-likeness (QED) is 0.154. The van der Waals surface area contributed by atoms with Gasteiger partial charge in [-0.1, -0.05) is 59.2 Å². The number of nitrogens with two attached hydrogens (primary N) is 1. The summed E-state index contributed by atoms with van der Waals surface area (Å²) in [4.78, 5) is 24.5. The van der Waals surface area contributed by atoms with Crippen molar-refractivity contribution >= 4 is 39.4 Å². The van der Waals surface area contributed by atoms with E-state index >= 15 is 0 Å². The SMILES string of the molecule is COC1CCC2(C)C(=CCC3C2CCC2(C)C(c4cccnc4)=CCC32)C1.NC(=O)CCSSCCC=O. The third kappa shape index (κ3) is 6.26. The first kappa shape index (κ1) is 29.4. The molecular formula is C31H44N2O3S2. The Kier molecular flexibility index (Phi) is 10.2. The Morgan fingerprint density at radius 1 is 1.13 bits per heavy atom. The number of allylic oxidation sites excluding steroid dienone is 3. The molecule has 0 saturated heterocycles. The molecule has 0 bridgehead atoms. The summed E-state index contributed by atoms with van der Waals surface area (Å²) in [5.74, 6) is 3.76. The smallest absolute Gasteiger partial charge is 0.218 e. The van der Waals surface area contributed by atoms with Crippen LogP contribution >= 0.6 is 21.6 Å². The fraction of sp³-hybridized carbons (Fsp3) is 0.645. The topological polar surface area (TPSA) is 82.3 Å². The van der Waals surface area contributed by atoms with E-state index in [9.17, 15) is 9.59 Å². The summed E-state index contributed by atoms with van der Waals surface area (Å²) < 4.78 is 5.71. The van der Waals surface area contributed by atoms with Gasteiger partial charge in [-0.15, -0.1) is 0 Å². The summed E-state index contributed by atoms with van der Waals surface area (Å²) in [6, 6.07) is 4.34. The third-order valence-corrected chi connectivity index (χ3v) is 12.2. The Hall–Kier alpha value is -1.57.